The third kappa shape index (κ3) is 2.58. The molecule has 2 nitrogen and oxygen atoms in total. The van der Waals surface area contributed by atoms with Crippen molar-refractivity contribution in [3.63, 3.8) is 0 Å². The van der Waals surface area contributed by atoms with E-state index in [1.54, 1.807) is 0 Å². The number of fused-ring (bicyclic) bond motifs is 1. The Morgan fingerprint density at radius 1 is 1.33 bits per heavy atom. The van der Waals surface area contributed by atoms with Gasteiger partial charge in [-0.2, -0.15) is 0 Å². The summed E-state index contributed by atoms with van der Waals surface area (Å²) in [6, 6.07) is 8.62. The first-order chi connectivity index (χ1) is 7.42. The number of rotatable bonds is 4. The van der Waals surface area contributed by atoms with Crippen molar-refractivity contribution < 1.29 is 4.74 Å². The van der Waals surface area contributed by atoms with Gasteiger partial charge in [0.05, 0.1) is 6.10 Å². The Morgan fingerprint density at radius 3 is 3.07 bits per heavy atom. The highest BCUT2D eigenvalue weighted by Gasteiger charge is 2.19. The monoisotopic (exact) mass is 205 g/mol. The molecule has 2 N–H and O–H groups in total. The minimum atomic E-state index is 0.307. The Hall–Kier alpha value is -0.860. The summed E-state index contributed by atoms with van der Waals surface area (Å²) in [7, 11) is 0. The predicted octanol–water partition coefficient (Wildman–Crippen LogP) is 2.43. The van der Waals surface area contributed by atoms with Gasteiger partial charge in [-0.25, -0.2) is 0 Å². The maximum Gasteiger partial charge on any atom is 0.0827 e. The topological polar surface area (TPSA) is 35.2 Å². The van der Waals surface area contributed by atoms with E-state index in [1.807, 2.05) is 0 Å². The van der Waals surface area contributed by atoms with E-state index >= 15 is 0 Å². The molecule has 1 atom stereocenters. The minimum absolute atomic E-state index is 0.307. The number of benzene rings is 1. The Balaban J connectivity index is 2.02. The van der Waals surface area contributed by atoms with E-state index in [1.165, 1.54) is 24.0 Å². The van der Waals surface area contributed by atoms with Gasteiger partial charge in [0.25, 0.3) is 0 Å². The van der Waals surface area contributed by atoms with E-state index in [0.29, 0.717) is 12.6 Å². The lowest BCUT2D eigenvalue weighted by atomic mass is 9.89. The fourth-order valence-electron chi connectivity index (χ4n) is 2.19. The smallest absolute Gasteiger partial charge is 0.0827 e. The molecule has 0 radical (unpaired) electrons. The normalized spacial score (nSPS) is 19.9. The number of aryl methyl sites for hydroxylation is 1. The summed E-state index contributed by atoms with van der Waals surface area (Å²) in [5, 5.41) is 0. The Morgan fingerprint density at radius 2 is 2.20 bits per heavy atom. The van der Waals surface area contributed by atoms with Crippen molar-refractivity contribution in [3.05, 3.63) is 35.4 Å². The second-order valence-electron chi connectivity index (χ2n) is 4.09. The summed E-state index contributed by atoms with van der Waals surface area (Å²) in [4.78, 5) is 0. The van der Waals surface area contributed by atoms with Crippen LogP contribution >= 0.6 is 0 Å². The Kier molecular flexibility index (Phi) is 3.75. The third-order valence-corrected chi connectivity index (χ3v) is 2.98. The molecule has 1 aromatic rings. The fourth-order valence-corrected chi connectivity index (χ4v) is 2.19. The number of hydrogen-bond acceptors (Lipinski definition) is 2. The molecule has 0 spiro atoms. The molecule has 0 unspecified atom stereocenters. The number of ether oxygens (including phenoxy) is 1. The third-order valence-electron chi connectivity index (χ3n) is 2.98. The average Bonchev–Trinajstić information content (AvgIpc) is 2.30. The molecule has 1 aliphatic rings. The molecule has 1 aliphatic carbocycles. The zero-order valence-electron chi connectivity index (χ0n) is 9.11. The molecule has 0 heterocycles. The first-order valence-electron chi connectivity index (χ1n) is 5.81. The molecule has 0 saturated carbocycles. The summed E-state index contributed by atoms with van der Waals surface area (Å²) in [6.07, 6.45) is 4.86. The van der Waals surface area contributed by atoms with Crippen molar-refractivity contribution in [2.24, 2.45) is 5.73 Å². The largest absolute Gasteiger partial charge is 0.373 e. The lowest BCUT2D eigenvalue weighted by Gasteiger charge is -2.25. The van der Waals surface area contributed by atoms with E-state index in [2.05, 4.69) is 24.3 Å². The molecule has 2 rings (SSSR count). The van der Waals surface area contributed by atoms with Crippen LogP contribution in [-0.2, 0) is 11.2 Å². The zero-order chi connectivity index (χ0) is 10.5. The maximum absolute atomic E-state index is 5.87. The summed E-state index contributed by atoms with van der Waals surface area (Å²) in [5.74, 6) is 0. The van der Waals surface area contributed by atoms with Crippen molar-refractivity contribution >= 4 is 0 Å². The zero-order valence-corrected chi connectivity index (χ0v) is 9.11. The first kappa shape index (κ1) is 10.7. The molecule has 0 bridgehead atoms. The van der Waals surface area contributed by atoms with Gasteiger partial charge in [-0.05, 0) is 43.4 Å². The van der Waals surface area contributed by atoms with Crippen LogP contribution in [0, 0.1) is 0 Å². The predicted molar refractivity (Wildman–Crippen MR) is 61.7 cm³/mol. The molecule has 0 aromatic heterocycles. The van der Waals surface area contributed by atoms with Gasteiger partial charge in [-0.3, -0.25) is 0 Å². The van der Waals surface area contributed by atoms with Gasteiger partial charge in [0.15, 0.2) is 0 Å². The van der Waals surface area contributed by atoms with Crippen molar-refractivity contribution in [1.82, 2.24) is 0 Å². The summed E-state index contributed by atoms with van der Waals surface area (Å²) < 4.78 is 5.87. The van der Waals surface area contributed by atoms with Crippen molar-refractivity contribution in [1.29, 1.82) is 0 Å². The van der Waals surface area contributed by atoms with Crippen LogP contribution in [0.2, 0.25) is 0 Å². The molecule has 0 amide bonds. The van der Waals surface area contributed by atoms with Crippen LogP contribution in [0.3, 0.4) is 0 Å². The Labute approximate surface area is 91.4 Å². The quantitative estimate of drug-likeness (QED) is 0.766. The minimum Gasteiger partial charge on any atom is -0.373 e. The van der Waals surface area contributed by atoms with Gasteiger partial charge in [-0.1, -0.05) is 24.3 Å². The van der Waals surface area contributed by atoms with Gasteiger partial charge in [0.2, 0.25) is 0 Å². The van der Waals surface area contributed by atoms with Gasteiger partial charge < -0.3 is 10.5 Å². The first-order valence-corrected chi connectivity index (χ1v) is 5.81. The molecule has 0 saturated heterocycles. The van der Waals surface area contributed by atoms with Gasteiger partial charge >= 0.3 is 0 Å². The summed E-state index contributed by atoms with van der Waals surface area (Å²) >= 11 is 0. The van der Waals surface area contributed by atoms with Crippen LogP contribution in [0.25, 0.3) is 0 Å². The van der Waals surface area contributed by atoms with Crippen molar-refractivity contribution in [2.45, 2.75) is 31.8 Å². The molecule has 2 heteroatoms. The molecule has 1 aromatic carbocycles. The number of hydrogen-bond donors (Lipinski definition) is 1. The average molecular weight is 205 g/mol. The second-order valence-corrected chi connectivity index (χ2v) is 4.09. The van der Waals surface area contributed by atoms with Crippen molar-refractivity contribution in [2.75, 3.05) is 13.2 Å². The van der Waals surface area contributed by atoms with Gasteiger partial charge in [-0.15, -0.1) is 0 Å². The lowest BCUT2D eigenvalue weighted by molar-refractivity contribution is 0.0402. The summed E-state index contributed by atoms with van der Waals surface area (Å²) in [5.41, 5.74) is 8.31. The van der Waals surface area contributed by atoms with Crippen LogP contribution in [0.1, 0.15) is 36.5 Å². The fraction of sp³-hybridized carbons (Fsp3) is 0.538. The van der Waals surface area contributed by atoms with E-state index in [-0.39, 0.29) is 0 Å². The second kappa shape index (κ2) is 5.29. The number of nitrogens with two attached hydrogens (primary N) is 1. The molecule has 0 aliphatic heterocycles. The highest BCUT2D eigenvalue weighted by Crippen LogP contribution is 2.32. The standard InChI is InChI=1S/C13H19NO/c14-9-4-10-15-13-8-3-6-11-5-1-2-7-12(11)13/h1-2,5,7,13H,3-4,6,8-10,14H2/t13-/m0/s1. The highest BCUT2D eigenvalue weighted by molar-refractivity contribution is 5.31. The van der Waals surface area contributed by atoms with E-state index in [9.17, 15) is 0 Å². The van der Waals surface area contributed by atoms with E-state index in [0.717, 1.165) is 19.4 Å². The highest BCUT2D eigenvalue weighted by atomic mass is 16.5. The van der Waals surface area contributed by atoms with Crippen molar-refractivity contribution in [3.8, 4) is 0 Å². The van der Waals surface area contributed by atoms with Crippen LogP contribution in [0.15, 0.2) is 24.3 Å². The van der Waals surface area contributed by atoms with Crippen LogP contribution in [0.4, 0.5) is 0 Å². The molecular formula is C13H19NO. The summed E-state index contributed by atoms with van der Waals surface area (Å²) in [6.45, 7) is 1.50. The van der Waals surface area contributed by atoms with Gasteiger partial charge in [0, 0.05) is 6.61 Å². The van der Waals surface area contributed by atoms with Gasteiger partial charge in [0.1, 0.15) is 0 Å². The SMILES string of the molecule is NCCCO[C@H]1CCCc2ccccc21. The Bertz CT molecular complexity index is 311. The van der Waals surface area contributed by atoms with Crippen LogP contribution < -0.4 is 5.73 Å². The van der Waals surface area contributed by atoms with E-state index < -0.39 is 0 Å². The lowest BCUT2D eigenvalue weighted by Crippen LogP contribution is -2.14. The molecular weight excluding hydrogens is 186 g/mol. The van der Waals surface area contributed by atoms with E-state index in [4.69, 9.17) is 10.5 Å². The molecule has 15 heavy (non-hydrogen) atoms. The van der Waals surface area contributed by atoms with Crippen LogP contribution in [0.5, 0.6) is 0 Å². The molecule has 82 valence electrons. The molecule has 0 fully saturated rings. The van der Waals surface area contributed by atoms with Crippen LogP contribution in [-0.4, -0.2) is 13.2 Å². The maximum atomic E-state index is 5.87.